The molecule has 0 radical (unpaired) electrons. The van der Waals surface area contributed by atoms with E-state index in [0.29, 0.717) is 55.8 Å². The van der Waals surface area contributed by atoms with Crippen LogP contribution in [0.1, 0.15) is 72.0 Å². The molecule has 3 saturated heterocycles. The number of carbonyl (C=O) groups is 2. The first-order valence-corrected chi connectivity index (χ1v) is 11.8. The zero-order valence-corrected chi connectivity index (χ0v) is 18.3. The molecule has 3 aliphatic heterocycles. The van der Waals surface area contributed by atoms with E-state index < -0.39 is 23.3 Å². The van der Waals surface area contributed by atoms with Crippen LogP contribution >= 0.6 is 0 Å². The number of benzene rings is 2. The molecule has 2 atom stereocenters. The van der Waals surface area contributed by atoms with E-state index in [9.17, 15) is 18.4 Å². The fourth-order valence-corrected chi connectivity index (χ4v) is 5.74. The molecule has 2 aromatic rings. The Balaban J connectivity index is 1.16. The summed E-state index contributed by atoms with van der Waals surface area (Å²) >= 11 is 0. The van der Waals surface area contributed by atoms with E-state index >= 15 is 0 Å². The Kier molecular flexibility index (Phi) is 4.80. The molecule has 1 saturated carbocycles. The molecule has 4 aliphatic rings. The van der Waals surface area contributed by atoms with Crippen molar-refractivity contribution in [2.45, 2.75) is 62.3 Å². The maximum absolute atomic E-state index is 13.8. The summed E-state index contributed by atoms with van der Waals surface area (Å²) in [5.74, 6) is -0.838. The number of rotatable bonds is 3. The summed E-state index contributed by atoms with van der Waals surface area (Å²) in [6.45, 7) is 0.885. The van der Waals surface area contributed by atoms with Gasteiger partial charge >= 0.3 is 0 Å². The molecule has 6 rings (SSSR count). The minimum atomic E-state index is -0.957. The van der Waals surface area contributed by atoms with Gasteiger partial charge in [0.2, 0.25) is 0 Å². The Hall–Kier alpha value is -2.80. The maximum Gasteiger partial charge on any atom is 0.257 e. The van der Waals surface area contributed by atoms with Gasteiger partial charge in [0.05, 0.1) is 6.04 Å². The third-order valence-electron chi connectivity index (χ3n) is 7.63. The highest BCUT2D eigenvalue weighted by atomic mass is 19.1. The van der Waals surface area contributed by atoms with Crippen LogP contribution in [0.25, 0.3) is 0 Å². The zero-order valence-electron chi connectivity index (χ0n) is 18.3. The molecule has 1 spiro atoms. The van der Waals surface area contributed by atoms with E-state index in [1.165, 1.54) is 30.5 Å². The van der Waals surface area contributed by atoms with Crippen LogP contribution in [0.5, 0.6) is 0 Å². The summed E-state index contributed by atoms with van der Waals surface area (Å²) in [4.78, 5) is 30.1. The van der Waals surface area contributed by atoms with Crippen LogP contribution in [0.15, 0.2) is 42.5 Å². The van der Waals surface area contributed by atoms with Gasteiger partial charge in [-0.25, -0.2) is 8.78 Å². The lowest BCUT2D eigenvalue weighted by molar-refractivity contribution is -0.142. The molecule has 7 heteroatoms. The smallest absolute Gasteiger partial charge is 0.257 e. The van der Waals surface area contributed by atoms with Gasteiger partial charge in [-0.1, -0.05) is 12.1 Å². The van der Waals surface area contributed by atoms with Crippen molar-refractivity contribution in [1.29, 1.82) is 0 Å². The minimum Gasteiger partial charge on any atom is -0.342 e. The molecule has 0 N–H and O–H groups in total. The fraction of sp³-hybridized carbons (Fsp3) is 0.462. The number of amides is 2. The van der Waals surface area contributed by atoms with Crippen LogP contribution < -0.4 is 0 Å². The van der Waals surface area contributed by atoms with Crippen molar-refractivity contribution in [2.75, 3.05) is 13.1 Å². The highest BCUT2D eigenvalue weighted by Gasteiger charge is 2.58. The van der Waals surface area contributed by atoms with Crippen molar-refractivity contribution in [3.8, 4) is 0 Å². The molecule has 2 aromatic carbocycles. The van der Waals surface area contributed by atoms with Gasteiger partial charge in [0.15, 0.2) is 5.60 Å². The van der Waals surface area contributed by atoms with Crippen LogP contribution in [-0.2, 0) is 9.53 Å². The molecule has 4 fully saturated rings. The number of piperidine rings is 1. The van der Waals surface area contributed by atoms with Crippen molar-refractivity contribution in [3.05, 3.63) is 70.8 Å². The van der Waals surface area contributed by atoms with E-state index in [-0.39, 0.29) is 18.0 Å². The molecule has 172 valence electrons. The highest BCUT2D eigenvalue weighted by molar-refractivity contribution is 5.95. The van der Waals surface area contributed by atoms with Gasteiger partial charge in [-0.15, -0.1) is 0 Å². The Bertz CT molecular complexity index is 1100. The second kappa shape index (κ2) is 7.62. The number of fused-ring (bicyclic) bond motifs is 1. The SMILES string of the molecule is O=C(c1cccc(C2CC2)c1)N1CCC2(CC1)OC1CCC(c3cc(F)cc(F)c3)N1C2=O. The Morgan fingerprint density at radius 2 is 1.67 bits per heavy atom. The van der Waals surface area contributed by atoms with Crippen LogP contribution in [0, 0.1) is 11.6 Å². The number of nitrogens with zero attached hydrogens (tertiary/aromatic N) is 2. The van der Waals surface area contributed by atoms with Gasteiger partial charge in [0.1, 0.15) is 17.9 Å². The Labute approximate surface area is 191 Å². The molecule has 3 heterocycles. The van der Waals surface area contributed by atoms with Crippen molar-refractivity contribution in [1.82, 2.24) is 9.80 Å². The van der Waals surface area contributed by atoms with Crippen LogP contribution in [0.4, 0.5) is 8.78 Å². The van der Waals surface area contributed by atoms with Crippen LogP contribution in [0.3, 0.4) is 0 Å². The minimum absolute atomic E-state index is 0.00795. The van der Waals surface area contributed by atoms with E-state index in [0.717, 1.165) is 6.07 Å². The normalized spacial score (nSPS) is 26.2. The lowest BCUT2D eigenvalue weighted by Crippen LogP contribution is -2.51. The van der Waals surface area contributed by atoms with Crippen LogP contribution in [-0.4, -0.2) is 46.5 Å². The number of carbonyl (C=O) groups excluding carboxylic acids is 2. The summed E-state index contributed by atoms with van der Waals surface area (Å²) in [5.41, 5.74) is 1.43. The standard InChI is InChI=1S/C26H26F2N2O3/c27-20-13-19(14-21(28)15-20)22-6-7-23-30(22)25(32)26(33-23)8-10-29(11-9-26)24(31)18-3-1-2-17(12-18)16-4-5-16/h1-3,12-16,22-23H,4-11H2. The van der Waals surface area contributed by atoms with E-state index in [4.69, 9.17) is 4.74 Å². The molecule has 2 unspecified atom stereocenters. The molecule has 1 aliphatic carbocycles. The van der Waals surface area contributed by atoms with E-state index in [1.54, 1.807) is 9.80 Å². The second-order valence-electron chi connectivity index (χ2n) is 9.77. The third kappa shape index (κ3) is 3.53. The Morgan fingerprint density at radius 3 is 2.36 bits per heavy atom. The average molecular weight is 453 g/mol. The van der Waals surface area contributed by atoms with Gasteiger partial charge in [0.25, 0.3) is 11.8 Å². The third-order valence-corrected chi connectivity index (χ3v) is 7.63. The molecule has 2 amide bonds. The number of hydrogen-bond donors (Lipinski definition) is 0. The largest absolute Gasteiger partial charge is 0.342 e. The lowest BCUT2D eigenvalue weighted by atomic mass is 9.89. The molecule has 33 heavy (non-hydrogen) atoms. The summed E-state index contributed by atoms with van der Waals surface area (Å²) < 4.78 is 33.9. The first-order chi connectivity index (χ1) is 15.9. The van der Waals surface area contributed by atoms with Crippen molar-refractivity contribution >= 4 is 11.8 Å². The molecule has 0 bridgehead atoms. The van der Waals surface area contributed by atoms with Gasteiger partial charge in [-0.05, 0) is 67.0 Å². The maximum atomic E-state index is 13.8. The quantitative estimate of drug-likeness (QED) is 0.687. The van der Waals surface area contributed by atoms with Crippen LogP contribution in [0.2, 0.25) is 0 Å². The van der Waals surface area contributed by atoms with Crippen molar-refractivity contribution in [2.24, 2.45) is 0 Å². The summed E-state index contributed by atoms with van der Waals surface area (Å²) in [6, 6.07) is 10.9. The molecule has 5 nitrogen and oxygen atoms in total. The fourth-order valence-electron chi connectivity index (χ4n) is 5.74. The van der Waals surface area contributed by atoms with Crippen molar-refractivity contribution in [3.63, 3.8) is 0 Å². The predicted molar refractivity (Wildman–Crippen MR) is 116 cm³/mol. The second-order valence-corrected chi connectivity index (χ2v) is 9.77. The van der Waals surface area contributed by atoms with E-state index in [2.05, 4.69) is 6.07 Å². The first kappa shape index (κ1) is 20.8. The predicted octanol–water partition coefficient (Wildman–Crippen LogP) is 4.54. The monoisotopic (exact) mass is 452 g/mol. The zero-order chi connectivity index (χ0) is 22.7. The van der Waals surface area contributed by atoms with E-state index in [1.807, 2.05) is 18.2 Å². The van der Waals surface area contributed by atoms with Gasteiger partial charge < -0.3 is 14.5 Å². The van der Waals surface area contributed by atoms with Gasteiger partial charge in [-0.3, -0.25) is 9.59 Å². The first-order valence-electron chi connectivity index (χ1n) is 11.8. The average Bonchev–Trinajstić information content (AvgIpc) is 3.53. The van der Waals surface area contributed by atoms with Crippen molar-refractivity contribution < 1.29 is 23.1 Å². The molecule has 0 aromatic heterocycles. The lowest BCUT2D eigenvalue weighted by Gasteiger charge is -2.37. The Morgan fingerprint density at radius 1 is 0.939 bits per heavy atom. The number of ether oxygens (including phenoxy) is 1. The summed E-state index contributed by atoms with van der Waals surface area (Å²) in [6.07, 6.45) is 4.08. The molecular weight excluding hydrogens is 426 g/mol. The topological polar surface area (TPSA) is 49.9 Å². The number of halogens is 2. The number of hydrogen-bond acceptors (Lipinski definition) is 3. The number of likely N-dealkylation sites (tertiary alicyclic amines) is 1. The van der Waals surface area contributed by atoms with Gasteiger partial charge in [0, 0.05) is 37.6 Å². The highest BCUT2D eigenvalue weighted by Crippen LogP contribution is 2.48. The molecular formula is C26H26F2N2O3. The summed E-state index contributed by atoms with van der Waals surface area (Å²) in [5, 5.41) is 0. The van der Waals surface area contributed by atoms with Gasteiger partial charge in [-0.2, -0.15) is 0 Å². The summed E-state index contributed by atoms with van der Waals surface area (Å²) in [7, 11) is 0.